The Bertz CT molecular complexity index is 680. The Hall–Kier alpha value is -1.87. The summed E-state index contributed by atoms with van der Waals surface area (Å²) >= 11 is 3.49. The van der Waals surface area contributed by atoms with Crippen LogP contribution in [-0.4, -0.2) is 5.91 Å². The van der Waals surface area contributed by atoms with Crippen LogP contribution in [0.1, 0.15) is 17.0 Å². The molecule has 2 aromatic rings. The lowest BCUT2D eigenvalue weighted by atomic mass is 10.0. The Labute approximate surface area is 126 Å². The first kappa shape index (κ1) is 13.1. The molecule has 1 heterocycles. The normalized spacial score (nSPS) is 17.1. The molecule has 0 N–H and O–H groups in total. The van der Waals surface area contributed by atoms with Gasteiger partial charge >= 0.3 is 0 Å². The number of rotatable bonds is 3. The minimum atomic E-state index is -0.255. The van der Waals surface area contributed by atoms with Gasteiger partial charge in [0.1, 0.15) is 0 Å². The Balaban J connectivity index is 2.19. The number of hydrogen-bond donors (Lipinski definition) is 0. The average Bonchev–Trinajstić information content (AvgIpc) is 2.78. The predicted octanol–water partition coefficient (Wildman–Crippen LogP) is 4.53. The molecule has 0 saturated heterocycles. The average molecular weight is 328 g/mol. The van der Waals surface area contributed by atoms with Crippen LogP contribution in [0.15, 0.2) is 61.2 Å². The van der Waals surface area contributed by atoms with E-state index in [-0.39, 0.29) is 11.8 Å². The molecule has 0 aliphatic carbocycles. The minimum absolute atomic E-state index is 0.0644. The summed E-state index contributed by atoms with van der Waals surface area (Å²) in [5.41, 5.74) is 4.01. The van der Waals surface area contributed by atoms with Gasteiger partial charge in [0.05, 0.1) is 17.3 Å². The van der Waals surface area contributed by atoms with E-state index < -0.39 is 0 Å². The summed E-state index contributed by atoms with van der Waals surface area (Å²) in [5.74, 6) is -0.191. The molecule has 1 aliphatic rings. The summed E-state index contributed by atoms with van der Waals surface area (Å²) in [6, 6.07) is 15.9. The molecular formula is C17H14BrNO. The molecule has 1 aliphatic heterocycles. The molecule has 100 valence electrons. The molecule has 0 spiro atoms. The molecule has 0 fully saturated rings. The van der Waals surface area contributed by atoms with Gasteiger partial charge in [0.25, 0.3) is 0 Å². The highest BCUT2D eigenvalue weighted by molar-refractivity contribution is 9.08. The van der Waals surface area contributed by atoms with Gasteiger partial charge in [0, 0.05) is 5.33 Å². The number of amides is 1. The third kappa shape index (κ3) is 1.90. The summed E-state index contributed by atoms with van der Waals surface area (Å²) in [5, 5.41) is 0.716. The van der Waals surface area contributed by atoms with Crippen molar-refractivity contribution in [2.45, 2.75) is 11.2 Å². The van der Waals surface area contributed by atoms with E-state index >= 15 is 0 Å². The number of para-hydroxylation sites is 2. The van der Waals surface area contributed by atoms with E-state index in [1.54, 1.807) is 11.0 Å². The zero-order valence-corrected chi connectivity index (χ0v) is 12.5. The quantitative estimate of drug-likeness (QED) is 0.599. The molecule has 0 aromatic heterocycles. The summed E-state index contributed by atoms with van der Waals surface area (Å²) in [4.78, 5) is 14.5. The number of nitrogens with zero attached hydrogens (tertiary/aromatic N) is 1. The van der Waals surface area contributed by atoms with E-state index in [9.17, 15) is 4.79 Å². The molecule has 1 unspecified atom stereocenters. The number of benzene rings is 2. The smallest absolute Gasteiger partial charge is 0.243 e. The first-order chi connectivity index (χ1) is 9.77. The van der Waals surface area contributed by atoms with Gasteiger partial charge in [-0.3, -0.25) is 9.69 Å². The van der Waals surface area contributed by atoms with Crippen LogP contribution in [0.25, 0.3) is 0 Å². The molecule has 3 heteroatoms. The molecular weight excluding hydrogens is 314 g/mol. The highest BCUT2D eigenvalue weighted by Gasteiger charge is 2.36. The minimum Gasteiger partial charge on any atom is -0.280 e. The standard InChI is InChI=1S/C17H14BrNO/c1-2-13-14-8-4-6-10-16(14)19(17(13)20)15-9-5-3-7-12(15)11-18/h2-10,13H,1,11H2. The van der Waals surface area contributed by atoms with Crippen LogP contribution < -0.4 is 4.90 Å². The van der Waals surface area contributed by atoms with Crippen molar-refractivity contribution in [1.82, 2.24) is 0 Å². The molecule has 2 aromatic carbocycles. The molecule has 1 atom stereocenters. The Morgan fingerprint density at radius 3 is 2.45 bits per heavy atom. The third-order valence-corrected chi connectivity index (χ3v) is 4.22. The maximum absolute atomic E-state index is 12.7. The number of fused-ring (bicyclic) bond motifs is 1. The number of carbonyl (C=O) groups is 1. The van der Waals surface area contributed by atoms with Gasteiger partial charge in [-0.1, -0.05) is 58.4 Å². The van der Waals surface area contributed by atoms with Crippen molar-refractivity contribution >= 4 is 33.2 Å². The summed E-state index contributed by atoms with van der Waals surface area (Å²) in [7, 11) is 0. The van der Waals surface area contributed by atoms with Gasteiger partial charge in [-0.25, -0.2) is 0 Å². The van der Waals surface area contributed by atoms with Gasteiger partial charge in [-0.2, -0.15) is 0 Å². The Morgan fingerprint density at radius 2 is 1.75 bits per heavy atom. The summed E-state index contributed by atoms with van der Waals surface area (Å²) < 4.78 is 0. The highest BCUT2D eigenvalue weighted by atomic mass is 79.9. The van der Waals surface area contributed by atoms with Crippen LogP contribution in [0.5, 0.6) is 0 Å². The molecule has 0 bridgehead atoms. The monoisotopic (exact) mass is 327 g/mol. The number of halogens is 1. The molecule has 20 heavy (non-hydrogen) atoms. The number of hydrogen-bond acceptors (Lipinski definition) is 1. The van der Waals surface area contributed by atoms with E-state index in [0.29, 0.717) is 5.33 Å². The fourth-order valence-corrected chi connectivity index (χ4v) is 3.14. The second-order valence-corrected chi connectivity index (χ2v) is 5.27. The lowest BCUT2D eigenvalue weighted by Gasteiger charge is -2.20. The fourth-order valence-electron chi connectivity index (χ4n) is 2.66. The zero-order valence-electron chi connectivity index (χ0n) is 10.9. The second-order valence-electron chi connectivity index (χ2n) is 4.71. The molecule has 0 saturated carbocycles. The van der Waals surface area contributed by atoms with E-state index in [2.05, 4.69) is 22.5 Å². The number of anilines is 2. The van der Waals surface area contributed by atoms with Crippen LogP contribution in [0.4, 0.5) is 11.4 Å². The molecule has 0 radical (unpaired) electrons. The first-order valence-electron chi connectivity index (χ1n) is 6.47. The van der Waals surface area contributed by atoms with Crippen LogP contribution in [0.3, 0.4) is 0 Å². The molecule has 3 rings (SSSR count). The molecule has 2 nitrogen and oxygen atoms in total. The Kier molecular flexibility index (Phi) is 3.45. The predicted molar refractivity (Wildman–Crippen MR) is 85.6 cm³/mol. The Morgan fingerprint density at radius 1 is 1.10 bits per heavy atom. The van der Waals surface area contributed by atoms with Crippen molar-refractivity contribution in [2.75, 3.05) is 4.90 Å². The van der Waals surface area contributed by atoms with Crippen LogP contribution >= 0.6 is 15.9 Å². The largest absolute Gasteiger partial charge is 0.280 e. The number of alkyl halides is 1. The van der Waals surface area contributed by atoms with Gasteiger partial charge in [-0.15, -0.1) is 6.58 Å². The van der Waals surface area contributed by atoms with Gasteiger partial charge < -0.3 is 0 Å². The van der Waals surface area contributed by atoms with Gasteiger partial charge in [-0.05, 0) is 23.3 Å². The summed E-state index contributed by atoms with van der Waals surface area (Å²) in [6.45, 7) is 3.81. The lowest BCUT2D eigenvalue weighted by Crippen LogP contribution is -2.23. The number of carbonyl (C=O) groups excluding carboxylic acids is 1. The van der Waals surface area contributed by atoms with E-state index in [0.717, 1.165) is 22.5 Å². The van der Waals surface area contributed by atoms with Crippen molar-refractivity contribution in [1.29, 1.82) is 0 Å². The van der Waals surface area contributed by atoms with Gasteiger partial charge in [0.15, 0.2) is 0 Å². The molecule has 1 amide bonds. The van der Waals surface area contributed by atoms with Crippen molar-refractivity contribution in [3.05, 3.63) is 72.3 Å². The van der Waals surface area contributed by atoms with Crippen molar-refractivity contribution in [3.63, 3.8) is 0 Å². The van der Waals surface area contributed by atoms with E-state index in [1.807, 2.05) is 48.5 Å². The van der Waals surface area contributed by atoms with Crippen molar-refractivity contribution < 1.29 is 4.79 Å². The topological polar surface area (TPSA) is 20.3 Å². The fraction of sp³-hybridized carbons (Fsp3) is 0.118. The zero-order chi connectivity index (χ0) is 14.1. The second kappa shape index (κ2) is 5.25. The maximum Gasteiger partial charge on any atom is 0.243 e. The first-order valence-corrected chi connectivity index (χ1v) is 7.59. The van der Waals surface area contributed by atoms with Crippen LogP contribution in [-0.2, 0) is 10.1 Å². The third-order valence-electron chi connectivity index (χ3n) is 3.61. The SMILES string of the molecule is C=CC1C(=O)N(c2ccccc2CBr)c2ccccc21. The van der Waals surface area contributed by atoms with Crippen molar-refractivity contribution in [2.24, 2.45) is 0 Å². The van der Waals surface area contributed by atoms with Gasteiger partial charge in [0.2, 0.25) is 5.91 Å². The van der Waals surface area contributed by atoms with Crippen LogP contribution in [0, 0.1) is 0 Å². The summed E-state index contributed by atoms with van der Waals surface area (Å²) in [6.07, 6.45) is 1.72. The van der Waals surface area contributed by atoms with Crippen LogP contribution in [0.2, 0.25) is 0 Å². The highest BCUT2D eigenvalue weighted by Crippen LogP contribution is 2.43. The maximum atomic E-state index is 12.7. The van der Waals surface area contributed by atoms with E-state index in [4.69, 9.17) is 0 Å². The van der Waals surface area contributed by atoms with Crippen molar-refractivity contribution in [3.8, 4) is 0 Å². The van der Waals surface area contributed by atoms with E-state index in [1.165, 1.54) is 0 Å². The lowest BCUT2D eigenvalue weighted by molar-refractivity contribution is -0.117.